The van der Waals surface area contributed by atoms with Crippen LogP contribution in [0.15, 0.2) is 12.3 Å². The molecule has 0 atom stereocenters. The van der Waals surface area contributed by atoms with Gasteiger partial charge in [-0.3, -0.25) is 0 Å². The standard InChI is InChI=1S/C15H22N4O2S/c20-22(21,13-3-4-13)18-12-6-9-19(10-7-12)14-5-8-16-15(17-14)11-1-2-11/h5,8,11-13,18H,1-4,6-7,9-10H2. The van der Waals surface area contributed by atoms with Crippen LogP contribution >= 0.6 is 0 Å². The monoisotopic (exact) mass is 322 g/mol. The van der Waals surface area contributed by atoms with Crippen molar-refractivity contribution in [1.82, 2.24) is 14.7 Å². The van der Waals surface area contributed by atoms with Crippen molar-refractivity contribution in [3.8, 4) is 0 Å². The molecule has 1 aliphatic heterocycles. The zero-order valence-electron chi connectivity index (χ0n) is 12.6. The van der Waals surface area contributed by atoms with Crippen molar-refractivity contribution in [2.45, 2.75) is 55.7 Å². The van der Waals surface area contributed by atoms with Gasteiger partial charge in [-0.2, -0.15) is 0 Å². The lowest BCUT2D eigenvalue weighted by atomic mass is 10.1. The molecular formula is C15H22N4O2S. The summed E-state index contributed by atoms with van der Waals surface area (Å²) in [4.78, 5) is 11.3. The molecule has 2 saturated carbocycles. The lowest BCUT2D eigenvalue weighted by molar-refractivity contribution is 0.457. The van der Waals surface area contributed by atoms with Gasteiger partial charge in [0.1, 0.15) is 11.6 Å². The van der Waals surface area contributed by atoms with Crippen molar-refractivity contribution in [2.75, 3.05) is 18.0 Å². The number of piperidine rings is 1. The van der Waals surface area contributed by atoms with Crippen LogP contribution in [0.5, 0.6) is 0 Å². The second-order valence-corrected chi connectivity index (χ2v) is 8.66. The van der Waals surface area contributed by atoms with E-state index in [1.807, 2.05) is 12.3 Å². The van der Waals surface area contributed by atoms with Crippen LogP contribution in [0.2, 0.25) is 0 Å². The zero-order chi connectivity index (χ0) is 15.2. The van der Waals surface area contributed by atoms with Gasteiger partial charge >= 0.3 is 0 Å². The Hall–Kier alpha value is -1.21. The summed E-state index contributed by atoms with van der Waals surface area (Å²) in [6, 6.07) is 2.03. The Bertz CT molecular complexity index is 647. The van der Waals surface area contributed by atoms with Crippen LogP contribution in [0.1, 0.15) is 50.3 Å². The van der Waals surface area contributed by atoms with E-state index in [2.05, 4.69) is 19.6 Å². The Morgan fingerprint density at radius 3 is 2.45 bits per heavy atom. The molecule has 1 N–H and O–H groups in total. The first-order chi connectivity index (χ1) is 10.6. The van der Waals surface area contributed by atoms with Gasteiger partial charge in [0.25, 0.3) is 0 Å². The fourth-order valence-corrected chi connectivity index (χ4v) is 4.66. The highest BCUT2D eigenvalue weighted by molar-refractivity contribution is 7.90. The molecule has 0 aromatic carbocycles. The molecule has 0 radical (unpaired) electrons. The summed E-state index contributed by atoms with van der Waals surface area (Å²) in [7, 11) is -3.07. The minimum atomic E-state index is -3.07. The number of anilines is 1. The van der Waals surface area contributed by atoms with Crippen LogP contribution in [-0.4, -0.2) is 42.8 Å². The molecule has 7 heteroatoms. The summed E-state index contributed by atoms with van der Waals surface area (Å²) in [5.41, 5.74) is 0. The van der Waals surface area contributed by atoms with E-state index in [0.717, 1.165) is 50.4 Å². The van der Waals surface area contributed by atoms with Gasteiger partial charge in [-0.25, -0.2) is 23.1 Å². The molecule has 6 nitrogen and oxygen atoms in total. The lowest BCUT2D eigenvalue weighted by Crippen LogP contribution is -2.45. The predicted molar refractivity (Wildman–Crippen MR) is 84.3 cm³/mol. The molecule has 0 spiro atoms. The molecule has 22 heavy (non-hydrogen) atoms. The Balaban J connectivity index is 1.36. The quantitative estimate of drug-likeness (QED) is 0.887. The Labute approximate surface area is 131 Å². The van der Waals surface area contributed by atoms with Gasteiger partial charge in [0, 0.05) is 31.2 Å². The topological polar surface area (TPSA) is 75.2 Å². The van der Waals surface area contributed by atoms with Gasteiger partial charge in [0.2, 0.25) is 10.0 Å². The predicted octanol–water partition coefficient (Wildman–Crippen LogP) is 1.40. The minimum Gasteiger partial charge on any atom is -0.356 e. The first-order valence-corrected chi connectivity index (χ1v) is 9.75. The zero-order valence-corrected chi connectivity index (χ0v) is 13.4. The average molecular weight is 322 g/mol. The highest BCUT2D eigenvalue weighted by atomic mass is 32.2. The molecule has 1 saturated heterocycles. The molecule has 1 aromatic heterocycles. The molecule has 3 fully saturated rings. The van der Waals surface area contributed by atoms with Crippen LogP contribution in [0, 0.1) is 0 Å². The molecular weight excluding hydrogens is 300 g/mol. The van der Waals surface area contributed by atoms with E-state index in [0.29, 0.717) is 5.92 Å². The summed E-state index contributed by atoms with van der Waals surface area (Å²) in [5, 5.41) is -0.131. The lowest BCUT2D eigenvalue weighted by Gasteiger charge is -2.33. The molecule has 4 rings (SSSR count). The van der Waals surface area contributed by atoms with Crippen LogP contribution < -0.4 is 9.62 Å². The van der Waals surface area contributed by atoms with Gasteiger partial charge < -0.3 is 4.90 Å². The summed E-state index contributed by atoms with van der Waals surface area (Å²) < 4.78 is 26.9. The number of hydrogen-bond donors (Lipinski definition) is 1. The molecule has 3 aliphatic rings. The van der Waals surface area contributed by atoms with Crippen molar-refractivity contribution in [2.24, 2.45) is 0 Å². The van der Waals surface area contributed by atoms with Crippen molar-refractivity contribution in [3.63, 3.8) is 0 Å². The average Bonchev–Trinajstić information content (AvgIpc) is 3.41. The smallest absolute Gasteiger partial charge is 0.214 e. The summed E-state index contributed by atoms with van der Waals surface area (Å²) in [6.07, 6.45) is 7.57. The minimum absolute atomic E-state index is 0.0755. The first kappa shape index (κ1) is 14.4. The summed E-state index contributed by atoms with van der Waals surface area (Å²) in [5.74, 6) is 2.51. The molecule has 0 bridgehead atoms. The summed E-state index contributed by atoms with van der Waals surface area (Å²) >= 11 is 0. The van der Waals surface area contributed by atoms with E-state index in [1.165, 1.54) is 12.8 Å². The van der Waals surface area contributed by atoms with Crippen molar-refractivity contribution in [3.05, 3.63) is 18.1 Å². The van der Waals surface area contributed by atoms with E-state index in [1.54, 1.807) is 0 Å². The molecule has 2 heterocycles. The number of aromatic nitrogens is 2. The number of hydrogen-bond acceptors (Lipinski definition) is 5. The normalized spacial score (nSPS) is 23.7. The molecule has 0 amide bonds. The van der Waals surface area contributed by atoms with Gasteiger partial charge in [-0.1, -0.05) is 0 Å². The fraction of sp³-hybridized carbons (Fsp3) is 0.733. The molecule has 120 valence electrons. The molecule has 1 aromatic rings. The SMILES string of the molecule is O=S(=O)(NC1CCN(c2ccnc(C3CC3)n2)CC1)C1CC1. The van der Waals surface area contributed by atoms with Crippen LogP contribution in [0.4, 0.5) is 5.82 Å². The maximum Gasteiger partial charge on any atom is 0.214 e. The van der Waals surface area contributed by atoms with Crippen LogP contribution in [0.25, 0.3) is 0 Å². The van der Waals surface area contributed by atoms with Gasteiger partial charge in [-0.05, 0) is 44.6 Å². The number of nitrogens with one attached hydrogen (secondary N) is 1. The van der Waals surface area contributed by atoms with Crippen LogP contribution in [0.3, 0.4) is 0 Å². The highest BCUT2D eigenvalue weighted by Crippen LogP contribution is 2.38. The van der Waals surface area contributed by atoms with E-state index in [4.69, 9.17) is 0 Å². The molecule has 2 aliphatic carbocycles. The number of sulfonamides is 1. The second kappa shape index (κ2) is 5.45. The van der Waals surface area contributed by atoms with E-state index in [9.17, 15) is 8.42 Å². The fourth-order valence-electron chi connectivity index (χ4n) is 3.01. The van der Waals surface area contributed by atoms with E-state index in [-0.39, 0.29) is 11.3 Å². The summed E-state index contributed by atoms with van der Waals surface area (Å²) in [6.45, 7) is 1.69. The largest absolute Gasteiger partial charge is 0.356 e. The Kier molecular flexibility index (Phi) is 3.57. The third-order valence-electron chi connectivity index (χ3n) is 4.72. The van der Waals surface area contributed by atoms with Gasteiger partial charge in [0.05, 0.1) is 5.25 Å². The van der Waals surface area contributed by atoms with E-state index < -0.39 is 10.0 Å². The second-order valence-electron chi connectivity index (χ2n) is 6.67. The highest BCUT2D eigenvalue weighted by Gasteiger charge is 2.37. The number of rotatable bonds is 5. The molecule has 0 unspecified atom stereocenters. The van der Waals surface area contributed by atoms with Crippen molar-refractivity contribution >= 4 is 15.8 Å². The Morgan fingerprint density at radius 2 is 1.82 bits per heavy atom. The van der Waals surface area contributed by atoms with E-state index >= 15 is 0 Å². The number of nitrogens with zero attached hydrogens (tertiary/aromatic N) is 3. The maximum absolute atomic E-state index is 12.0. The first-order valence-electron chi connectivity index (χ1n) is 8.21. The van der Waals surface area contributed by atoms with Crippen LogP contribution in [-0.2, 0) is 10.0 Å². The Morgan fingerprint density at radius 1 is 1.09 bits per heavy atom. The van der Waals surface area contributed by atoms with Crippen molar-refractivity contribution in [1.29, 1.82) is 0 Å². The van der Waals surface area contributed by atoms with Crippen molar-refractivity contribution < 1.29 is 8.42 Å². The third kappa shape index (κ3) is 3.10. The maximum atomic E-state index is 12.0. The third-order valence-corrected chi connectivity index (χ3v) is 6.73. The van der Waals surface area contributed by atoms with Gasteiger partial charge in [-0.15, -0.1) is 0 Å². The van der Waals surface area contributed by atoms with Gasteiger partial charge in [0.15, 0.2) is 0 Å².